The van der Waals surface area contributed by atoms with Crippen LogP contribution in [0.1, 0.15) is 162 Å². The first-order valence-electron chi connectivity index (χ1n) is 25.4. The van der Waals surface area contributed by atoms with Gasteiger partial charge in [0.1, 0.15) is 54.9 Å². The van der Waals surface area contributed by atoms with Crippen molar-refractivity contribution in [3.63, 3.8) is 0 Å². The second-order valence-electron chi connectivity index (χ2n) is 17.6. The highest BCUT2D eigenvalue weighted by Gasteiger charge is 2.47. The second-order valence-corrected chi connectivity index (χ2v) is 17.6. The third kappa shape index (κ3) is 27.0. The van der Waals surface area contributed by atoms with E-state index in [-0.39, 0.29) is 25.6 Å². The molecule has 0 amide bonds. The minimum atomic E-state index is -1.71. The zero-order chi connectivity index (χ0) is 48.0. The highest BCUT2D eigenvalue weighted by Crippen LogP contribution is 2.26. The third-order valence-electron chi connectivity index (χ3n) is 11.8. The molecule has 0 saturated carbocycles. The van der Waals surface area contributed by atoms with E-state index in [0.717, 1.165) is 89.9 Å². The summed E-state index contributed by atoms with van der Waals surface area (Å²) in [5.74, 6) is -0.386. The van der Waals surface area contributed by atoms with Crippen LogP contribution in [-0.2, 0) is 33.2 Å². The summed E-state index contributed by atoms with van der Waals surface area (Å²) in [7, 11) is 0. The first-order chi connectivity index (χ1) is 32.1. The lowest BCUT2D eigenvalue weighted by atomic mass is 9.98. The molecule has 2 saturated heterocycles. The van der Waals surface area contributed by atoms with E-state index in [2.05, 4.69) is 74.6 Å². The van der Waals surface area contributed by atoms with Crippen LogP contribution in [0.25, 0.3) is 0 Å². The van der Waals surface area contributed by atoms with Gasteiger partial charge in [0.05, 0.1) is 26.4 Å². The topological polar surface area (TPSA) is 214 Å². The van der Waals surface area contributed by atoms with E-state index in [9.17, 15) is 40.5 Å². The summed E-state index contributed by atoms with van der Waals surface area (Å²) in [6, 6.07) is 0. The summed E-state index contributed by atoms with van der Waals surface area (Å²) in [6.45, 7) is 3.51. The fourth-order valence-corrected chi connectivity index (χ4v) is 7.66. The fourth-order valence-electron chi connectivity index (χ4n) is 7.66. The van der Waals surface area contributed by atoms with Crippen LogP contribution in [0.15, 0.2) is 60.8 Å². The molecule has 0 aromatic carbocycles. The normalized spacial score (nSPS) is 26.8. The average molecular weight is 939 g/mol. The van der Waals surface area contributed by atoms with Crippen LogP contribution in [0.3, 0.4) is 0 Å². The van der Waals surface area contributed by atoms with Crippen molar-refractivity contribution in [1.82, 2.24) is 0 Å². The van der Waals surface area contributed by atoms with Crippen molar-refractivity contribution in [1.29, 1.82) is 0 Å². The first kappa shape index (κ1) is 59.8. The Morgan fingerprint density at radius 3 is 1.55 bits per heavy atom. The van der Waals surface area contributed by atoms with Crippen LogP contribution >= 0.6 is 0 Å². The number of aliphatic hydroxyl groups is 7. The molecule has 2 heterocycles. The number of carbonyl (C=O) groups is 1. The molecular formula is C52H90O14. The van der Waals surface area contributed by atoms with Crippen molar-refractivity contribution in [2.75, 3.05) is 33.0 Å². The molecule has 382 valence electrons. The van der Waals surface area contributed by atoms with Gasteiger partial charge in [-0.3, -0.25) is 4.79 Å². The maximum Gasteiger partial charge on any atom is 0.306 e. The first-order valence-corrected chi connectivity index (χ1v) is 25.4. The van der Waals surface area contributed by atoms with Gasteiger partial charge in [0.15, 0.2) is 12.6 Å². The predicted molar refractivity (Wildman–Crippen MR) is 256 cm³/mol. The molecule has 2 aliphatic heterocycles. The number of rotatable bonds is 39. The molecule has 11 atom stereocenters. The number of allylic oxidation sites excluding steroid dienone is 10. The molecular weight excluding hydrogens is 849 g/mol. The molecule has 0 aromatic rings. The van der Waals surface area contributed by atoms with E-state index in [1.807, 2.05) is 0 Å². The maximum atomic E-state index is 12.9. The van der Waals surface area contributed by atoms with E-state index >= 15 is 0 Å². The van der Waals surface area contributed by atoms with Crippen molar-refractivity contribution < 1.29 is 69.0 Å². The Labute approximate surface area is 396 Å². The maximum absolute atomic E-state index is 12.9. The molecule has 0 radical (unpaired) electrons. The lowest BCUT2D eigenvalue weighted by Gasteiger charge is -2.42. The van der Waals surface area contributed by atoms with E-state index < -0.39 is 80.7 Å². The number of hydrogen-bond donors (Lipinski definition) is 7. The number of unbranched alkanes of at least 4 members (excludes halogenated alkanes) is 15. The molecule has 0 bridgehead atoms. The molecule has 2 rings (SSSR count). The van der Waals surface area contributed by atoms with Crippen molar-refractivity contribution in [2.45, 2.75) is 229 Å². The van der Waals surface area contributed by atoms with E-state index in [1.54, 1.807) is 0 Å². The summed E-state index contributed by atoms with van der Waals surface area (Å²) in [4.78, 5) is 12.9. The summed E-state index contributed by atoms with van der Waals surface area (Å²) < 4.78 is 34.2. The highest BCUT2D eigenvalue weighted by molar-refractivity contribution is 5.69. The van der Waals surface area contributed by atoms with Crippen LogP contribution in [0.5, 0.6) is 0 Å². The molecule has 11 unspecified atom stereocenters. The van der Waals surface area contributed by atoms with Gasteiger partial charge in [-0.05, 0) is 57.8 Å². The zero-order valence-corrected chi connectivity index (χ0v) is 40.4. The van der Waals surface area contributed by atoms with E-state index in [4.69, 9.17) is 28.4 Å². The van der Waals surface area contributed by atoms with E-state index in [0.29, 0.717) is 13.0 Å². The Hall–Kier alpha value is -2.31. The molecule has 2 fully saturated rings. The minimum Gasteiger partial charge on any atom is -0.457 e. The van der Waals surface area contributed by atoms with Gasteiger partial charge >= 0.3 is 5.97 Å². The largest absolute Gasteiger partial charge is 0.457 e. The quantitative estimate of drug-likeness (QED) is 0.0183. The smallest absolute Gasteiger partial charge is 0.306 e. The number of esters is 1. The molecule has 7 N–H and O–H groups in total. The summed E-state index contributed by atoms with van der Waals surface area (Å²) in [5, 5.41) is 72.0. The SMILES string of the molecule is CC/C=C\C/C=C\C/C=C\C/C=C\C/C=C\CCCCCCCCOCC(COC1OC(COC2OC(CO)C(O)C(O)C2O)C(O)C(O)C1O)OC(=O)CCCCCCCCCCCC. The minimum absolute atomic E-state index is 0.0503. The molecule has 0 spiro atoms. The predicted octanol–water partition coefficient (Wildman–Crippen LogP) is 7.35. The monoisotopic (exact) mass is 939 g/mol. The standard InChI is InChI=1S/C52H90O14/c1-3-5-7-9-11-13-15-16-17-18-19-20-21-22-23-24-25-26-28-30-32-34-36-61-38-41(64-44(54)35-33-31-29-27-14-12-10-8-6-4-2)39-62-51-50(60)48(58)46(56)43(66-51)40-63-52-49(59)47(57)45(55)42(37-53)65-52/h5,7,11,13,16-17,19-20,22-23,41-43,45-53,55-60H,3-4,6,8-10,12,14-15,18,21,24-40H2,1-2H3/b7-5-,13-11-,17-16-,20-19-,23-22-. The van der Waals surface area contributed by atoms with Gasteiger partial charge < -0.3 is 64.2 Å². The second kappa shape index (κ2) is 39.5. The van der Waals surface area contributed by atoms with Crippen molar-refractivity contribution in [3.05, 3.63) is 60.8 Å². The molecule has 14 nitrogen and oxygen atoms in total. The van der Waals surface area contributed by atoms with Crippen LogP contribution < -0.4 is 0 Å². The Bertz CT molecular complexity index is 1320. The van der Waals surface area contributed by atoms with Crippen molar-refractivity contribution >= 4 is 5.97 Å². The lowest BCUT2D eigenvalue weighted by Crippen LogP contribution is -2.61. The Morgan fingerprint density at radius 1 is 0.515 bits per heavy atom. The zero-order valence-electron chi connectivity index (χ0n) is 40.4. The molecule has 66 heavy (non-hydrogen) atoms. The van der Waals surface area contributed by atoms with E-state index in [1.165, 1.54) is 44.9 Å². The number of aliphatic hydroxyl groups excluding tert-OH is 7. The van der Waals surface area contributed by atoms with Crippen LogP contribution in [0.2, 0.25) is 0 Å². The van der Waals surface area contributed by atoms with Gasteiger partial charge in [-0.1, -0.05) is 158 Å². The molecule has 0 aliphatic carbocycles. The van der Waals surface area contributed by atoms with Crippen LogP contribution in [0.4, 0.5) is 0 Å². The third-order valence-corrected chi connectivity index (χ3v) is 11.8. The van der Waals surface area contributed by atoms with Gasteiger partial charge in [0.25, 0.3) is 0 Å². The van der Waals surface area contributed by atoms with Crippen LogP contribution in [-0.4, -0.2) is 142 Å². The highest BCUT2D eigenvalue weighted by atomic mass is 16.7. The van der Waals surface area contributed by atoms with Crippen LogP contribution in [0, 0.1) is 0 Å². The van der Waals surface area contributed by atoms with Gasteiger partial charge in [-0.15, -0.1) is 0 Å². The molecule has 14 heteroatoms. The molecule has 0 aromatic heterocycles. The lowest BCUT2D eigenvalue weighted by molar-refractivity contribution is -0.332. The summed E-state index contributed by atoms with van der Waals surface area (Å²) in [5.41, 5.74) is 0. The van der Waals surface area contributed by atoms with Gasteiger partial charge in [-0.25, -0.2) is 0 Å². The summed E-state index contributed by atoms with van der Waals surface area (Å²) in [6.07, 6.45) is 30.0. The molecule has 2 aliphatic rings. The Kier molecular flexibility index (Phi) is 35.8. The Balaban J connectivity index is 1.74. The fraction of sp³-hybridized carbons (Fsp3) is 0.788. The summed E-state index contributed by atoms with van der Waals surface area (Å²) >= 11 is 0. The average Bonchev–Trinajstić information content (AvgIpc) is 3.31. The van der Waals surface area contributed by atoms with Crippen molar-refractivity contribution in [3.8, 4) is 0 Å². The number of carbonyl (C=O) groups excluding carboxylic acids is 1. The van der Waals surface area contributed by atoms with Crippen molar-refractivity contribution in [2.24, 2.45) is 0 Å². The van der Waals surface area contributed by atoms with Gasteiger partial charge in [0.2, 0.25) is 0 Å². The van der Waals surface area contributed by atoms with Gasteiger partial charge in [0, 0.05) is 13.0 Å². The number of hydrogen-bond acceptors (Lipinski definition) is 14. The number of ether oxygens (including phenoxy) is 6. The Morgan fingerprint density at radius 2 is 0.985 bits per heavy atom. The van der Waals surface area contributed by atoms with Gasteiger partial charge in [-0.2, -0.15) is 0 Å².